The number of hydrogen-bond donors (Lipinski definition) is 1. The second-order valence-electron chi connectivity index (χ2n) is 7.24. The number of nitrogens with one attached hydrogen (secondary N) is 1. The lowest BCUT2D eigenvalue weighted by Crippen LogP contribution is -2.45. The minimum absolute atomic E-state index is 0. The maximum Gasteiger partial charge on any atom is 0.226 e. The number of fused-ring (bicyclic) bond motifs is 1. The molecule has 1 spiro atoms. The van der Waals surface area contributed by atoms with Crippen molar-refractivity contribution in [2.24, 2.45) is 11.3 Å². The SMILES string of the molecule is CCN(CC1COc2ccccc2O1)C(=O)C1CC12CCNCC2.Cl. The van der Waals surface area contributed by atoms with Gasteiger partial charge in [-0.1, -0.05) is 12.1 Å². The van der Waals surface area contributed by atoms with E-state index < -0.39 is 0 Å². The number of halogens is 1. The third kappa shape index (κ3) is 3.58. The van der Waals surface area contributed by atoms with Crippen molar-refractivity contribution >= 4 is 18.3 Å². The molecule has 1 saturated carbocycles. The van der Waals surface area contributed by atoms with Crippen molar-refractivity contribution in [1.82, 2.24) is 10.2 Å². The minimum atomic E-state index is -0.0912. The average molecular weight is 367 g/mol. The largest absolute Gasteiger partial charge is 0.486 e. The molecule has 1 N–H and O–H groups in total. The summed E-state index contributed by atoms with van der Waals surface area (Å²) in [4.78, 5) is 14.9. The van der Waals surface area contributed by atoms with Crippen LogP contribution in [0, 0.1) is 11.3 Å². The van der Waals surface area contributed by atoms with Gasteiger partial charge in [0.15, 0.2) is 17.6 Å². The first-order valence-corrected chi connectivity index (χ1v) is 9.10. The zero-order valence-corrected chi connectivity index (χ0v) is 15.5. The van der Waals surface area contributed by atoms with Crippen LogP contribution in [0.15, 0.2) is 24.3 Å². The van der Waals surface area contributed by atoms with Gasteiger partial charge in [-0.15, -0.1) is 12.4 Å². The Labute approximate surface area is 155 Å². The fraction of sp³-hybridized carbons (Fsp3) is 0.632. The Balaban J connectivity index is 0.00000182. The Hall–Kier alpha value is -1.46. The highest BCUT2D eigenvalue weighted by molar-refractivity contribution is 5.85. The summed E-state index contributed by atoms with van der Waals surface area (Å²) >= 11 is 0. The molecule has 1 aliphatic carbocycles. The second-order valence-corrected chi connectivity index (χ2v) is 7.24. The van der Waals surface area contributed by atoms with Gasteiger partial charge in [-0.3, -0.25) is 4.79 Å². The Morgan fingerprint density at radius 3 is 2.72 bits per heavy atom. The van der Waals surface area contributed by atoms with Gasteiger partial charge in [0.05, 0.1) is 6.54 Å². The number of carbonyl (C=O) groups is 1. The van der Waals surface area contributed by atoms with Gasteiger partial charge in [0.2, 0.25) is 5.91 Å². The molecule has 1 aromatic rings. The van der Waals surface area contributed by atoms with Gasteiger partial charge in [-0.25, -0.2) is 0 Å². The maximum atomic E-state index is 12.9. The molecule has 2 fully saturated rings. The monoisotopic (exact) mass is 366 g/mol. The maximum absolute atomic E-state index is 12.9. The predicted molar refractivity (Wildman–Crippen MR) is 98.5 cm³/mol. The highest BCUT2D eigenvalue weighted by atomic mass is 35.5. The molecule has 3 aliphatic rings. The van der Waals surface area contributed by atoms with Crippen LogP contribution in [-0.4, -0.2) is 49.7 Å². The molecule has 138 valence electrons. The molecule has 2 unspecified atom stereocenters. The number of para-hydroxylation sites is 2. The first-order valence-electron chi connectivity index (χ1n) is 9.10. The van der Waals surface area contributed by atoms with Crippen LogP contribution in [0.1, 0.15) is 26.2 Å². The van der Waals surface area contributed by atoms with Crippen molar-refractivity contribution in [3.63, 3.8) is 0 Å². The van der Waals surface area contributed by atoms with E-state index >= 15 is 0 Å². The lowest BCUT2D eigenvalue weighted by molar-refractivity contribution is -0.135. The Bertz CT molecular complexity index is 618. The van der Waals surface area contributed by atoms with E-state index in [1.54, 1.807) is 0 Å². The van der Waals surface area contributed by atoms with E-state index in [1.165, 1.54) is 0 Å². The number of ether oxygens (including phenoxy) is 2. The molecule has 0 bridgehead atoms. The van der Waals surface area contributed by atoms with Crippen molar-refractivity contribution in [1.29, 1.82) is 0 Å². The summed E-state index contributed by atoms with van der Waals surface area (Å²) in [5.41, 5.74) is 0.284. The number of nitrogens with zero attached hydrogens (tertiary/aromatic N) is 1. The van der Waals surface area contributed by atoms with Crippen molar-refractivity contribution in [3.8, 4) is 11.5 Å². The molecule has 1 amide bonds. The molecule has 25 heavy (non-hydrogen) atoms. The van der Waals surface area contributed by atoms with Crippen LogP contribution in [0.2, 0.25) is 0 Å². The van der Waals surface area contributed by atoms with Gasteiger partial charge in [-0.2, -0.15) is 0 Å². The van der Waals surface area contributed by atoms with Crippen LogP contribution >= 0.6 is 12.4 Å². The molecule has 2 atom stereocenters. The fourth-order valence-electron chi connectivity index (χ4n) is 4.17. The number of hydrogen-bond acceptors (Lipinski definition) is 4. The van der Waals surface area contributed by atoms with Gasteiger partial charge >= 0.3 is 0 Å². The van der Waals surface area contributed by atoms with Gasteiger partial charge in [-0.05, 0) is 56.8 Å². The number of piperidine rings is 1. The van der Waals surface area contributed by atoms with Gasteiger partial charge in [0.25, 0.3) is 0 Å². The molecule has 4 rings (SSSR count). The number of benzene rings is 1. The lowest BCUT2D eigenvalue weighted by atomic mass is 9.91. The van der Waals surface area contributed by atoms with Crippen molar-refractivity contribution in [2.75, 3.05) is 32.8 Å². The minimum Gasteiger partial charge on any atom is -0.486 e. The van der Waals surface area contributed by atoms with E-state index in [9.17, 15) is 4.79 Å². The van der Waals surface area contributed by atoms with E-state index in [0.29, 0.717) is 19.1 Å². The molecule has 0 radical (unpaired) electrons. The van der Waals surface area contributed by atoms with Crippen LogP contribution in [0.25, 0.3) is 0 Å². The summed E-state index contributed by atoms with van der Waals surface area (Å²) in [5.74, 6) is 2.09. The quantitative estimate of drug-likeness (QED) is 0.889. The van der Waals surface area contributed by atoms with Crippen molar-refractivity contribution in [3.05, 3.63) is 24.3 Å². The third-order valence-electron chi connectivity index (χ3n) is 5.77. The fourth-order valence-corrected chi connectivity index (χ4v) is 4.17. The Morgan fingerprint density at radius 1 is 1.28 bits per heavy atom. The van der Waals surface area contributed by atoms with Gasteiger partial charge in [0.1, 0.15) is 6.61 Å². The smallest absolute Gasteiger partial charge is 0.226 e. The van der Waals surface area contributed by atoms with E-state index in [2.05, 4.69) is 5.32 Å². The predicted octanol–water partition coefficient (Wildman–Crippen LogP) is 2.49. The Kier molecular flexibility index (Phi) is 5.44. The van der Waals surface area contributed by atoms with Crippen LogP contribution in [0.3, 0.4) is 0 Å². The number of likely N-dealkylation sites (N-methyl/N-ethyl adjacent to an activating group) is 1. The topological polar surface area (TPSA) is 50.8 Å². The number of rotatable bonds is 4. The zero-order chi connectivity index (χ0) is 16.6. The van der Waals surface area contributed by atoms with E-state index in [1.807, 2.05) is 36.1 Å². The molecule has 1 aromatic carbocycles. The highest BCUT2D eigenvalue weighted by Crippen LogP contribution is 2.59. The van der Waals surface area contributed by atoms with Gasteiger partial charge < -0.3 is 19.7 Å². The molecule has 2 heterocycles. The summed E-state index contributed by atoms with van der Waals surface area (Å²) < 4.78 is 11.8. The second kappa shape index (κ2) is 7.42. The zero-order valence-electron chi connectivity index (χ0n) is 14.7. The molecular weight excluding hydrogens is 340 g/mol. The van der Waals surface area contributed by atoms with E-state index in [-0.39, 0.29) is 29.8 Å². The summed E-state index contributed by atoms with van der Waals surface area (Å²) in [6, 6.07) is 7.72. The van der Waals surface area contributed by atoms with Crippen LogP contribution < -0.4 is 14.8 Å². The molecule has 2 aliphatic heterocycles. The summed E-state index contributed by atoms with van der Waals surface area (Å²) in [7, 11) is 0. The highest BCUT2D eigenvalue weighted by Gasteiger charge is 2.58. The number of carbonyl (C=O) groups excluding carboxylic acids is 1. The van der Waals surface area contributed by atoms with Crippen molar-refractivity contribution in [2.45, 2.75) is 32.3 Å². The normalized spacial score (nSPS) is 25.8. The lowest BCUT2D eigenvalue weighted by Gasteiger charge is -2.32. The molecule has 0 aromatic heterocycles. The van der Waals surface area contributed by atoms with Crippen molar-refractivity contribution < 1.29 is 14.3 Å². The third-order valence-corrected chi connectivity index (χ3v) is 5.77. The summed E-state index contributed by atoms with van der Waals surface area (Å²) in [6.07, 6.45) is 3.25. The van der Waals surface area contributed by atoms with Crippen LogP contribution in [-0.2, 0) is 4.79 Å². The molecule has 6 heteroatoms. The molecular formula is C19H27ClN2O3. The molecule has 5 nitrogen and oxygen atoms in total. The average Bonchev–Trinajstić information content (AvgIpc) is 3.32. The van der Waals surface area contributed by atoms with Crippen LogP contribution in [0.5, 0.6) is 11.5 Å². The summed E-state index contributed by atoms with van der Waals surface area (Å²) in [5, 5.41) is 3.40. The summed E-state index contributed by atoms with van der Waals surface area (Å²) in [6.45, 7) is 5.98. The number of amides is 1. The van der Waals surface area contributed by atoms with Gasteiger partial charge in [0, 0.05) is 12.5 Å². The van der Waals surface area contributed by atoms with E-state index in [4.69, 9.17) is 9.47 Å². The standard InChI is InChI=1S/C19H26N2O3.ClH/c1-2-21(18(22)15-11-19(15)7-9-20-10-8-19)12-14-13-23-16-5-3-4-6-17(16)24-14;/h3-6,14-15,20H,2,7-13H2,1H3;1H. The Morgan fingerprint density at radius 2 is 2.00 bits per heavy atom. The van der Waals surface area contributed by atoms with Crippen LogP contribution in [0.4, 0.5) is 0 Å². The van der Waals surface area contributed by atoms with E-state index in [0.717, 1.165) is 50.4 Å². The molecule has 1 saturated heterocycles. The first kappa shape index (κ1) is 18.3. The first-order chi connectivity index (χ1) is 11.7.